The number of carbonyl (C=O) groups excluding carboxylic acids is 1. The zero-order valence-electron chi connectivity index (χ0n) is 11.8. The van der Waals surface area contributed by atoms with Gasteiger partial charge in [-0.25, -0.2) is 15.0 Å². The second-order valence-electron chi connectivity index (χ2n) is 4.69. The van der Waals surface area contributed by atoms with Gasteiger partial charge in [-0.15, -0.1) is 0 Å². The van der Waals surface area contributed by atoms with Crippen molar-refractivity contribution in [2.24, 2.45) is 0 Å². The second-order valence-corrected chi connectivity index (χ2v) is 4.69. The number of alkyl halides is 3. The first kappa shape index (κ1) is 14.9. The molecule has 118 valence electrons. The number of halogens is 3. The van der Waals surface area contributed by atoms with Crippen molar-refractivity contribution in [3.8, 4) is 11.4 Å². The van der Waals surface area contributed by atoms with Crippen molar-refractivity contribution >= 4 is 17.5 Å². The summed E-state index contributed by atoms with van der Waals surface area (Å²) >= 11 is 0. The fraction of sp³-hybridized carbons (Fsp3) is 0.143. The van der Waals surface area contributed by atoms with Crippen molar-refractivity contribution in [2.75, 3.05) is 5.32 Å². The first-order chi connectivity index (χ1) is 10.9. The average Bonchev–Trinajstić information content (AvgIpc) is 2.82. The Kier molecular flexibility index (Phi) is 3.47. The van der Waals surface area contributed by atoms with Gasteiger partial charge in [0.25, 0.3) is 0 Å². The van der Waals surface area contributed by atoms with Crippen LogP contribution in [0.25, 0.3) is 17.0 Å². The highest BCUT2D eigenvalue weighted by atomic mass is 19.4. The maximum atomic E-state index is 12.3. The standard InChI is InChI=1S/C14H10F3N5O/c1-8-11(22-7-3-2-4-10(22)19-8)9-5-6-18-13(20-9)21-12(23)14(15,16)17/h2-7H,1H3,(H,18,20,21,23). The molecule has 3 rings (SSSR count). The fourth-order valence-corrected chi connectivity index (χ4v) is 2.15. The van der Waals surface area contributed by atoms with Gasteiger partial charge in [0.05, 0.1) is 17.1 Å². The van der Waals surface area contributed by atoms with Crippen molar-refractivity contribution in [3.05, 3.63) is 42.4 Å². The zero-order valence-corrected chi connectivity index (χ0v) is 11.8. The predicted octanol–water partition coefficient (Wildman–Crippen LogP) is 2.60. The summed E-state index contributed by atoms with van der Waals surface area (Å²) in [4.78, 5) is 22.9. The number of hydrogen-bond acceptors (Lipinski definition) is 4. The lowest BCUT2D eigenvalue weighted by Crippen LogP contribution is -2.30. The van der Waals surface area contributed by atoms with Crippen LogP contribution < -0.4 is 5.32 Å². The molecule has 23 heavy (non-hydrogen) atoms. The molecule has 0 aliphatic carbocycles. The molecule has 0 aliphatic rings. The third-order valence-electron chi connectivity index (χ3n) is 3.09. The molecule has 6 nitrogen and oxygen atoms in total. The minimum atomic E-state index is -5.00. The summed E-state index contributed by atoms with van der Waals surface area (Å²) in [6.45, 7) is 1.76. The molecule has 0 aliphatic heterocycles. The molecular formula is C14H10F3N5O. The van der Waals surface area contributed by atoms with Gasteiger partial charge in [0.2, 0.25) is 5.95 Å². The summed E-state index contributed by atoms with van der Waals surface area (Å²) in [7, 11) is 0. The third-order valence-corrected chi connectivity index (χ3v) is 3.09. The van der Waals surface area contributed by atoms with E-state index >= 15 is 0 Å². The van der Waals surface area contributed by atoms with E-state index in [1.807, 2.05) is 6.07 Å². The van der Waals surface area contributed by atoms with Gasteiger partial charge in [-0.2, -0.15) is 13.2 Å². The molecule has 0 spiro atoms. The summed E-state index contributed by atoms with van der Waals surface area (Å²) in [6.07, 6.45) is -1.96. The molecule has 1 amide bonds. The number of pyridine rings is 1. The Morgan fingerprint density at radius 2 is 2.00 bits per heavy atom. The number of anilines is 1. The maximum Gasteiger partial charge on any atom is 0.471 e. The Morgan fingerprint density at radius 3 is 2.74 bits per heavy atom. The molecule has 3 aromatic rings. The molecule has 9 heteroatoms. The Hall–Kier alpha value is -2.97. The van der Waals surface area contributed by atoms with Crippen LogP contribution in [0.3, 0.4) is 0 Å². The molecule has 3 heterocycles. The summed E-state index contributed by atoms with van der Waals surface area (Å²) < 4.78 is 38.7. The molecular weight excluding hydrogens is 311 g/mol. The van der Waals surface area contributed by atoms with E-state index < -0.39 is 18.0 Å². The van der Waals surface area contributed by atoms with Crippen LogP contribution in [-0.2, 0) is 4.79 Å². The summed E-state index contributed by atoms with van der Waals surface area (Å²) in [5.41, 5.74) is 2.31. The Morgan fingerprint density at radius 1 is 1.22 bits per heavy atom. The number of nitrogens with zero attached hydrogens (tertiary/aromatic N) is 4. The van der Waals surface area contributed by atoms with Gasteiger partial charge in [0, 0.05) is 12.4 Å². The van der Waals surface area contributed by atoms with Crippen LogP contribution in [0, 0.1) is 6.92 Å². The normalized spacial score (nSPS) is 11.7. The van der Waals surface area contributed by atoms with Gasteiger partial charge in [0.1, 0.15) is 5.65 Å². The van der Waals surface area contributed by atoms with Crippen LogP contribution in [0.5, 0.6) is 0 Å². The Balaban J connectivity index is 2.02. The number of aryl methyl sites for hydroxylation is 1. The van der Waals surface area contributed by atoms with E-state index in [1.54, 1.807) is 35.0 Å². The second kappa shape index (κ2) is 5.34. The van der Waals surface area contributed by atoms with E-state index in [2.05, 4.69) is 15.0 Å². The van der Waals surface area contributed by atoms with E-state index in [0.717, 1.165) is 0 Å². The van der Waals surface area contributed by atoms with Crippen molar-refractivity contribution in [3.63, 3.8) is 0 Å². The number of amides is 1. The van der Waals surface area contributed by atoms with Crippen molar-refractivity contribution < 1.29 is 18.0 Å². The van der Waals surface area contributed by atoms with Crippen LogP contribution in [0.4, 0.5) is 19.1 Å². The molecule has 0 saturated carbocycles. The highest BCUT2D eigenvalue weighted by Gasteiger charge is 2.39. The largest absolute Gasteiger partial charge is 0.471 e. The molecule has 0 bridgehead atoms. The number of nitrogens with one attached hydrogen (secondary N) is 1. The van der Waals surface area contributed by atoms with Gasteiger partial charge >= 0.3 is 12.1 Å². The number of carbonyl (C=O) groups is 1. The lowest BCUT2D eigenvalue weighted by atomic mass is 10.2. The molecule has 0 atom stereocenters. The molecule has 3 aromatic heterocycles. The van der Waals surface area contributed by atoms with Crippen molar-refractivity contribution in [2.45, 2.75) is 13.1 Å². The van der Waals surface area contributed by atoms with Crippen molar-refractivity contribution in [1.29, 1.82) is 0 Å². The van der Waals surface area contributed by atoms with E-state index in [0.29, 0.717) is 22.7 Å². The minimum Gasteiger partial charge on any atom is -0.298 e. The maximum absolute atomic E-state index is 12.3. The monoisotopic (exact) mass is 321 g/mol. The van der Waals surface area contributed by atoms with Crippen LogP contribution in [-0.4, -0.2) is 31.4 Å². The highest BCUT2D eigenvalue weighted by molar-refractivity contribution is 5.93. The number of aromatic nitrogens is 4. The van der Waals surface area contributed by atoms with Gasteiger partial charge < -0.3 is 0 Å². The quantitative estimate of drug-likeness (QED) is 0.787. The molecule has 0 unspecified atom stereocenters. The SMILES string of the molecule is Cc1nc2ccccn2c1-c1ccnc(NC(=O)C(F)(F)F)n1. The fourth-order valence-electron chi connectivity index (χ4n) is 2.15. The average molecular weight is 321 g/mol. The van der Waals surface area contributed by atoms with Gasteiger partial charge in [-0.05, 0) is 25.1 Å². The van der Waals surface area contributed by atoms with Gasteiger partial charge in [-0.1, -0.05) is 6.07 Å². The molecule has 0 fully saturated rings. The van der Waals surface area contributed by atoms with Crippen molar-refractivity contribution in [1.82, 2.24) is 19.4 Å². The topological polar surface area (TPSA) is 72.2 Å². The summed E-state index contributed by atoms with van der Waals surface area (Å²) in [6, 6.07) is 6.95. The van der Waals surface area contributed by atoms with E-state index in [-0.39, 0.29) is 0 Å². The molecule has 0 saturated heterocycles. The predicted molar refractivity (Wildman–Crippen MR) is 75.6 cm³/mol. The highest BCUT2D eigenvalue weighted by Crippen LogP contribution is 2.24. The number of fused-ring (bicyclic) bond motifs is 1. The lowest BCUT2D eigenvalue weighted by Gasteiger charge is -2.08. The Bertz CT molecular complexity index is 887. The first-order valence-electron chi connectivity index (χ1n) is 6.51. The third kappa shape index (κ3) is 2.85. The van der Waals surface area contributed by atoms with E-state index in [4.69, 9.17) is 0 Å². The van der Waals surface area contributed by atoms with Crippen LogP contribution in [0.1, 0.15) is 5.69 Å². The number of hydrogen-bond donors (Lipinski definition) is 1. The van der Waals surface area contributed by atoms with Crippen LogP contribution >= 0.6 is 0 Å². The first-order valence-corrected chi connectivity index (χ1v) is 6.51. The smallest absolute Gasteiger partial charge is 0.298 e. The van der Waals surface area contributed by atoms with E-state index in [1.165, 1.54) is 12.3 Å². The zero-order chi connectivity index (χ0) is 16.6. The minimum absolute atomic E-state index is 0.355. The van der Waals surface area contributed by atoms with Crippen LogP contribution in [0.2, 0.25) is 0 Å². The Labute approximate surface area is 128 Å². The summed E-state index contributed by atoms with van der Waals surface area (Å²) in [5, 5.41) is 1.64. The lowest BCUT2D eigenvalue weighted by molar-refractivity contribution is -0.167. The molecule has 0 aromatic carbocycles. The molecule has 0 radical (unpaired) electrons. The van der Waals surface area contributed by atoms with Gasteiger partial charge in [-0.3, -0.25) is 14.5 Å². The van der Waals surface area contributed by atoms with Gasteiger partial charge in [0.15, 0.2) is 0 Å². The number of imidazole rings is 1. The number of rotatable bonds is 2. The summed E-state index contributed by atoms with van der Waals surface area (Å²) in [5.74, 6) is -2.54. The molecule has 1 N–H and O–H groups in total. The van der Waals surface area contributed by atoms with E-state index in [9.17, 15) is 18.0 Å². The van der Waals surface area contributed by atoms with Crippen LogP contribution in [0.15, 0.2) is 36.7 Å².